The van der Waals surface area contributed by atoms with Crippen LogP contribution in [0.25, 0.3) is 0 Å². The molecule has 1 unspecified atom stereocenters. The molecule has 1 aromatic carbocycles. The minimum atomic E-state index is -4.79. The zero-order valence-electron chi connectivity index (χ0n) is 9.28. The van der Waals surface area contributed by atoms with Crippen LogP contribution in [0.15, 0.2) is 24.3 Å². The second kappa shape index (κ2) is 4.49. The van der Waals surface area contributed by atoms with Gasteiger partial charge in [0.15, 0.2) is 5.75 Å². The summed E-state index contributed by atoms with van der Waals surface area (Å²) in [7, 11) is 0. The summed E-state index contributed by atoms with van der Waals surface area (Å²) >= 11 is 0. The van der Waals surface area contributed by atoms with Crippen LogP contribution in [0.3, 0.4) is 0 Å². The highest BCUT2D eigenvalue weighted by molar-refractivity contribution is 6.00. The molecule has 0 bridgehead atoms. The molecule has 4 nitrogen and oxygen atoms in total. The molecule has 18 heavy (non-hydrogen) atoms. The van der Waals surface area contributed by atoms with Crippen LogP contribution in [-0.4, -0.2) is 24.9 Å². The van der Waals surface area contributed by atoms with E-state index in [1.807, 2.05) is 0 Å². The quantitative estimate of drug-likeness (QED) is 0.879. The number of benzene rings is 1. The Bertz CT molecular complexity index is 462. The van der Waals surface area contributed by atoms with E-state index in [1.165, 1.54) is 29.2 Å². The largest absolute Gasteiger partial charge is 0.573 e. The molecule has 2 rings (SSSR count). The minimum Gasteiger partial charge on any atom is -0.404 e. The number of rotatable bonds is 2. The van der Waals surface area contributed by atoms with E-state index in [4.69, 9.17) is 5.73 Å². The Balaban J connectivity index is 2.31. The van der Waals surface area contributed by atoms with E-state index < -0.39 is 24.1 Å². The Morgan fingerprint density at radius 1 is 1.33 bits per heavy atom. The normalized spacial score (nSPS) is 20.3. The first-order valence-corrected chi connectivity index (χ1v) is 5.30. The van der Waals surface area contributed by atoms with Crippen LogP contribution in [0.2, 0.25) is 0 Å². The van der Waals surface area contributed by atoms with Crippen molar-refractivity contribution < 1.29 is 22.7 Å². The summed E-state index contributed by atoms with van der Waals surface area (Å²) < 4.78 is 40.6. The van der Waals surface area contributed by atoms with Crippen LogP contribution >= 0.6 is 0 Å². The first-order valence-electron chi connectivity index (χ1n) is 5.30. The molecule has 0 aliphatic carbocycles. The van der Waals surface area contributed by atoms with Gasteiger partial charge in [0, 0.05) is 6.54 Å². The number of hydrogen-bond donors (Lipinski definition) is 1. The lowest BCUT2D eigenvalue weighted by Gasteiger charge is -2.20. The van der Waals surface area contributed by atoms with E-state index in [1.54, 1.807) is 0 Å². The summed E-state index contributed by atoms with van der Waals surface area (Å²) in [5.74, 6) is -0.791. The Kier molecular flexibility index (Phi) is 3.16. The molecule has 1 aliphatic rings. The van der Waals surface area contributed by atoms with Crippen molar-refractivity contribution >= 4 is 11.6 Å². The highest BCUT2D eigenvalue weighted by atomic mass is 19.4. The highest BCUT2D eigenvalue weighted by Crippen LogP contribution is 2.34. The maximum atomic E-state index is 12.2. The van der Waals surface area contributed by atoms with Crippen molar-refractivity contribution in [3.8, 4) is 5.75 Å². The zero-order valence-corrected chi connectivity index (χ0v) is 9.28. The molecule has 1 atom stereocenters. The molecule has 0 radical (unpaired) electrons. The molecule has 1 heterocycles. The Morgan fingerprint density at radius 3 is 2.56 bits per heavy atom. The van der Waals surface area contributed by atoms with Crippen LogP contribution in [-0.2, 0) is 4.79 Å². The number of nitrogens with zero attached hydrogens (tertiary/aromatic N) is 1. The average Bonchev–Trinajstić information content (AvgIpc) is 2.59. The summed E-state index contributed by atoms with van der Waals surface area (Å²) in [5.41, 5.74) is 5.62. The highest BCUT2D eigenvalue weighted by Gasteiger charge is 2.35. The molecule has 1 fully saturated rings. The smallest absolute Gasteiger partial charge is 0.404 e. The molecule has 1 saturated heterocycles. The van der Waals surface area contributed by atoms with E-state index in [2.05, 4.69) is 4.74 Å². The number of hydrogen-bond acceptors (Lipinski definition) is 3. The molecule has 1 amide bonds. The Labute approximate surface area is 101 Å². The number of alkyl halides is 3. The monoisotopic (exact) mass is 260 g/mol. The fourth-order valence-corrected chi connectivity index (χ4v) is 1.83. The molecule has 98 valence electrons. The van der Waals surface area contributed by atoms with Gasteiger partial charge in [0.1, 0.15) is 0 Å². The first kappa shape index (κ1) is 12.7. The Morgan fingerprint density at radius 2 is 2.00 bits per heavy atom. The number of para-hydroxylation sites is 2. The van der Waals surface area contributed by atoms with E-state index in [9.17, 15) is 18.0 Å². The molecular weight excluding hydrogens is 249 g/mol. The number of halogens is 3. The standard InChI is InChI=1S/C11H11F3N2O2/c12-11(13,14)18-9-4-2-1-3-8(9)16-6-5-7(15)10(16)17/h1-4,7H,5-6,15H2. The maximum Gasteiger partial charge on any atom is 0.573 e. The molecule has 0 spiro atoms. The van der Waals surface area contributed by atoms with Gasteiger partial charge in [0.25, 0.3) is 0 Å². The predicted octanol–water partition coefficient (Wildman–Crippen LogP) is 1.65. The van der Waals surface area contributed by atoms with Gasteiger partial charge in [-0.05, 0) is 18.6 Å². The Hall–Kier alpha value is -1.76. The van der Waals surface area contributed by atoms with Crippen molar-refractivity contribution in [2.75, 3.05) is 11.4 Å². The molecule has 2 N–H and O–H groups in total. The summed E-state index contributed by atoms with van der Waals surface area (Å²) in [5, 5.41) is 0. The van der Waals surface area contributed by atoms with Gasteiger partial charge in [-0.15, -0.1) is 13.2 Å². The van der Waals surface area contributed by atoms with Crippen LogP contribution in [0, 0.1) is 0 Å². The number of nitrogens with two attached hydrogens (primary N) is 1. The number of anilines is 1. The second-order valence-electron chi connectivity index (χ2n) is 3.90. The third kappa shape index (κ3) is 2.56. The van der Waals surface area contributed by atoms with Crippen LogP contribution in [0.5, 0.6) is 5.75 Å². The predicted molar refractivity (Wildman–Crippen MR) is 58.1 cm³/mol. The van der Waals surface area contributed by atoms with Gasteiger partial charge >= 0.3 is 6.36 Å². The third-order valence-corrected chi connectivity index (χ3v) is 2.63. The SMILES string of the molecule is NC1CCN(c2ccccc2OC(F)(F)F)C1=O. The maximum absolute atomic E-state index is 12.2. The molecular formula is C11H11F3N2O2. The summed E-state index contributed by atoms with van der Waals surface area (Å²) in [6, 6.07) is 4.85. The molecule has 0 saturated carbocycles. The molecule has 0 aromatic heterocycles. The van der Waals surface area contributed by atoms with Crippen molar-refractivity contribution in [1.82, 2.24) is 0 Å². The topological polar surface area (TPSA) is 55.6 Å². The van der Waals surface area contributed by atoms with Gasteiger partial charge in [-0.3, -0.25) is 4.79 Å². The van der Waals surface area contributed by atoms with Crippen molar-refractivity contribution in [2.24, 2.45) is 5.73 Å². The lowest BCUT2D eigenvalue weighted by molar-refractivity contribution is -0.274. The van der Waals surface area contributed by atoms with Crippen LogP contribution in [0.4, 0.5) is 18.9 Å². The number of ether oxygens (including phenoxy) is 1. The first-order chi connectivity index (χ1) is 8.38. The number of carbonyl (C=O) groups is 1. The second-order valence-corrected chi connectivity index (χ2v) is 3.90. The molecule has 1 aliphatic heterocycles. The molecule has 1 aromatic rings. The van der Waals surface area contributed by atoms with Gasteiger partial charge in [0.2, 0.25) is 5.91 Å². The minimum absolute atomic E-state index is 0.0905. The van der Waals surface area contributed by atoms with Crippen LogP contribution in [0.1, 0.15) is 6.42 Å². The van der Waals surface area contributed by atoms with E-state index in [0.717, 1.165) is 0 Å². The van der Waals surface area contributed by atoms with Crippen molar-refractivity contribution in [3.05, 3.63) is 24.3 Å². The van der Waals surface area contributed by atoms with Gasteiger partial charge in [-0.2, -0.15) is 0 Å². The van der Waals surface area contributed by atoms with Crippen molar-refractivity contribution in [2.45, 2.75) is 18.8 Å². The lowest BCUT2D eigenvalue weighted by atomic mass is 10.2. The average molecular weight is 260 g/mol. The number of carbonyl (C=O) groups excluding carboxylic acids is 1. The van der Waals surface area contributed by atoms with Crippen molar-refractivity contribution in [3.63, 3.8) is 0 Å². The van der Waals surface area contributed by atoms with E-state index >= 15 is 0 Å². The van der Waals surface area contributed by atoms with Gasteiger partial charge in [-0.1, -0.05) is 12.1 Å². The van der Waals surface area contributed by atoms with Gasteiger partial charge < -0.3 is 15.4 Å². The zero-order chi connectivity index (χ0) is 13.3. The molecule has 7 heteroatoms. The van der Waals surface area contributed by atoms with E-state index in [0.29, 0.717) is 6.42 Å². The van der Waals surface area contributed by atoms with E-state index in [-0.39, 0.29) is 12.2 Å². The lowest BCUT2D eigenvalue weighted by Crippen LogP contribution is -2.34. The van der Waals surface area contributed by atoms with Crippen molar-refractivity contribution in [1.29, 1.82) is 0 Å². The fraction of sp³-hybridized carbons (Fsp3) is 0.364. The van der Waals surface area contributed by atoms with Crippen LogP contribution < -0.4 is 15.4 Å². The summed E-state index contributed by atoms with van der Waals surface area (Å²) in [6.45, 7) is 0.290. The summed E-state index contributed by atoms with van der Waals surface area (Å²) in [6.07, 6.45) is -4.37. The van der Waals surface area contributed by atoms with Gasteiger partial charge in [-0.25, -0.2) is 0 Å². The third-order valence-electron chi connectivity index (χ3n) is 2.63. The van der Waals surface area contributed by atoms with Gasteiger partial charge in [0.05, 0.1) is 11.7 Å². The fourth-order valence-electron chi connectivity index (χ4n) is 1.83. The number of amides is 1. The summed E-state index contributed by atoms with van der Waals surface area (Å²) in [4.78, 5) is 12.9.